The summed E-state index contributed by atoms with van der Waals surface area (Å²) in [7, 11) is 0. The molecule has 0 amide bonds. The van der Waals surface area contributed by atoms with Gasteiger partial charge in [0.25, 0.3) is 5.56 Å². The number of benzene rings is 2. The first kappa shape index (κ1) is 17.3. The Hall–Kier alpha value is -2.57. The highest BCUT2D eigenvalue weighted by Crippen LogP contribution is 2.26. The molecule has 25 heavy (non-hydrogen) atoms. The van der Waals surface area contributed by atoms with Crippen molar-refractivity contribution >= 4 is 40.2 Å². The summed E-state index contributed by atoms with van der Waals surface area (Å²) >= 11 is 7.61. The Morgan fingerprint density at radius 1 is 1.32 bits per heavy atom. The number of hydrogen-bond donors (Lipinski definition) is 1. The van der Waals surface area contributed by atoms with Crippen LogP contribution in [0.5, 0.6) is 0 Å². The highest BCUT2D eigenvalue weighted by atomic mass is 35.5. The third-order valence-corrected chi connectivity index (χ3v) is 4.76. The van der Waals surface area contributed by atoms with Gasteiger partial charge in [0.1, 0.15) is 0 Å². The van der Waals surface area contributed by atoms with E-state index in [1.807, 2.05) is 0 Å². The van der Waals surface area contributed by atoms with Gasteiger partial charge in [0.2, 0.25) is 0 Å². The van der Waals surface area contributed by atoms with E-state index in [0.29, 0.717) is 27.1 Å². The van der Waals surface area contributed by atoms with Crippen LogP contribution < -0.4 is 5.56 Å². The number of nitrogens with zero attached hydrogens (tertiary/aromatic N) is 2. The number of halogens is 1. The quantitative estimate of drug-likeness (QED) is 0.416. The van der Waals surface area contributed by atoms with Gasteiger partial charge >= 0.3 is 5.97 Å². The Balaban J connectivity index is 2.36. The Morgan fingerprint density at radius 3 is 2.76 bits per heavy atom. The van der Waals surface area contributed by atoms with Crippen molar-refractivity contribution in [3.05, 3.63) is 76.1 Å². The molecule has 0 saturated carbocycles. The summed E-state index contributed by atoms with van der Waals surface area (Å²) < 4.78 is 1.41. The van der Waals surface area contributed by atoms with Crippen molar-refractivity contribution < 1.29 is 9.90 Å². The van der Waals surface area contributed by atoms with Gasteiger partial charge in [0.15, 0.2) is 5.16 Å². The summed E-state index contributed by atoms with van der Waals surface area (Å²) in [5.41, 5.74) is 0.595. The molecule has 0 saturated heterocycles. The molecular formula is C18H13ClN2O3S. The maximum Gasteiger partial charge on any atom is 0.335 e. The van der Waals surface area contributed by atoms with Crippen molar-refractivity contribution in [3.8, 4) is 5.69 Å². The second-order valence-corrected chi connectivity index (χ2v) is 6.52. The molecule has 0 radical (unpaired) electrons. The molecular weight excluding hydrogens is 360 g/mol. The first-order chi connectivity index (χ1) is 12.0. The zero-order valence-corrected chi connectivity index (χ0v) is 14.5. The summed E-state index contributed by atoms with van der Waals surface area (Å²) in [6.45, 7) is 3.68. The fourth-order valence-corrected chi connectivity index (χ4v) is 3.33. The molecule has 3 rings (SSSR count). The van der Waals surface area contributed by atoms with E-state index in [9.17, 15) is 14.7 Å². The Morgan fingerprint density at radius 2 is 2.08 bits per heavy atom. The van der Waals surface area contributed by atoms with Crippen molar-refractivity contribution in [1.82, 2.24) is 9.55 Å². The van der Waals surface area contributed by atoms with E-state index >= 15 is 0 Å². The number of aromatic carboxylic acids is 1. The van der Waals surface area contributed by atoms with E-state index in [1.165, 1.54) is 34.5 Å². The predicted molar refractivity (Wildman–Crippen MR) is 100 cm³/mol. The van der Waals surface area contributed by atoms with Gasteiger partial charge in [-0.15, -0.1) is 6.58 Å². The summed E-state index contributed by atoms with van der Waals surface area (Å²) in [4.78, 5) is 28.8. The van der Waals surface area contributed by atoms with Crippen LogP contribution in [-0.4, -0.2) is 26.4 Å². The van der Waals surface area contributed by atoms with Gasteiger partial charge in [-0.25, -0.2) is 9.78 Å². The van der Waals surface area contributed by atoms with Gasteiger partial charge in [0, 0.05) is 5.75 Å². The Kier molecular flexibility index (Phi) is 4.92. The number of carbonyl (C=O) groups is 1. The molecule has 3 aromatic rings. The van der Waals surface area contributed by atoms with Crippen LogP contribution in [0.4, 0.5) is 0 Å². The van der Waals surface area contributed by atoms with Gasteiger partial charge in [-0.05, 0) is 30.3 Å². The molecule has 0 aliphatic rings. The third-order valence-electron chi connectivity index (χ3n) is 3.51. The number of thioether (sulfide) groups is 1. The number of carboxylic acid groups (broad SMARTS) is 1. The zero-order chi connectivity index (χ0) is 18.0. The molecule has 126 valence electrons. The minimum atomic E-state index is -1.10. The number of para-hydroxylation sites is 1. The standard InChI is InChI=1S/C18H13ClN2O3S/c1-2-9-25-18-20-14-8-7-11(17(23)24)10-12(14)16(22)21(18)15-6-4-3-5-13(15)19/h2-8,10H,1,9H2,(H,23,24). The lowest BCUT2D eigenvalue weighted by Crippen LogP contribution is -2.22. The van der Waals surface area contributed by atoms with E-state index in [1.54, 1.807) is 30.3 Å². The molecule has 7 heteroatoms. The topological polar surface area (TPSA) is 72.2 Å². The molecule has 2 aromatic carbocycles. The Bertz CT molecular complexity index is 1050. The SMILES string of the molecule is C=CCSc1nc2ccc(C(=O)O)cc2c(=O)n1-c1ccccc1Cl. The molecule has 0 aliphatic carbocycles. The van der Waals surface area contributed by atoms with Gasteiger partial charge < -0.3 is 5.11 Å². The van der Waals surface area contributed by atoms with Crippen LogP contribution in [-0.2, 0) is 0 Å². The van der Waals surface area contributed by atoms with Gasteiger partial charge in [-0.3, -0.25) is 9.36 Å². The van der Waals surface area contributed by atoms with Gasteiger partial charge in [0.05, 0.1) is 27.2 Å². The van der Waals surface area contributed by atoms with Crippen molar-refractivity contribution in [2.75, 3.05) is 5.75 Å². The smallest absolute Gasteiger partial charge is 0.335 e. The maximum atomic E-state index is 13.1. The minimum absolute atomic E-state index is 0.0311. The molecule has 0 spiro atoms. The molecule has 0 unspecified atom stereocenters. The monoisotopic (exact) mass is 372 g/mol. The first-order valence-corrected chi connectivity index (χ1v) is 8.68. The van der Waals surface area contributed by atoms with Gasteiger partial charge in [-0.1, -0.05) is 41.6 Å². The van der Waals surface area contributed by atoms with Crippen LogP contribution >= 0.6 is 23.4 Å². The van der Waals surface area contributed by atoms with Crippen LogP contribution in [0.3, 0.4) is 0 Å². The van der Waals surface area contributed by atoms with Crippen LogP contribution in [0.15, 0.2) is 65.1 Å². The fourth-order valence-electron chi connectivity index (χ4n) is 2.37. The maximum absolute atomic E-state index is 13.1. The van der Waals surface area contributed by atoms with Crippen LogP contribution in [0.1, 0.15) is 10.4 Å². The molecule has 0 aliphatic heterocycles. The molecule has 1 aromatic heterocycles. The second kappa shape index (κ2) is 7.13. The zero-order valence-electron chi connectivity index (χ0n) is 13.0. The molecule has 0 bridgehead atoms. The number of aromatic nitrogens is 2. The normalized spacial score (nSPS) is 10.8. The lowest BCUT2D eigenvalue weighted by Gasteiger charge is -2.14. The number of hydrogen-bond acceptors (Lipinski definition) is 4. The van der Waals surface area contributed by atoms with Crippen LogP contribution in [0.2, 0.25) is 5.02 Å². The summed E-state index contributed by atoms with van der Waals surface area (Å²) in [6, 6.07) is 11.2. The summed E-state index contributed by atoms with van der Waals surface area (Å²) in [5, 5.41) is 10.3. The molecule has 1 heterocycles. The van der Waals surface area contributed by atoms with E-state index in [2.05, 4.69) is 11.6 Å². The van der Waals surface area contributed by atoms with E-state index in [4.69, 9.17) is 11.6 Å². The summed E-state index contributed by atoms with van der Waals surface area (Å²) in [6.07, 6.45) is 1.71. The lowest BCUT2D eigenvalue weighted by atomic mass is 10.1. The average Bonchev–Trinajstić information content (AvgIpc) is 2.60. The molecule has 0 atom stereocenters. The van der Waals surface area contributed by atoms with E-state index in [0.717, 1.165) is 0 Å². The second-order valence-electron chi connectivity index (χ2n) is 5.12. The molecule has 1 N–H and O–H groups in total. The first-order valence-electron chi connectivity index (χ1n) is 7.31. The lowest BCUT2D eigenvalue weighted by molar-refractivity contribution is 0.0697. The third kappa shape index (κ3) is 3.31. The minimum Gasteiger partial charge on any atom is -0.478 e. The number of carboxylic acids is 1. The van der Waals surface area contributed by atoms with Crippen molar-refractivity contribution in [2.45, 2.75) is 5.16 Å². The largest absolute Gasteiger partial charge is 0.478 e. The average molecular weight is 373 g/mol. The highest BCUT2D eigenvalue weighted by Gasteiger charge is 2.16. The van der Waals surface area contributed by atoms with Crippen molar-refractivity contribution in [2.24, 2.45) is 0 Å². The number of fused-ring (bicyclic) bond motifs is 1. The highest BCUT2D eigenvalue weighted by molar-refractivity contribution is 7.99. The van der Waals surface area contributed by atoms with Gasteiger partial charge in [-0.2, -0.15) is 0 Å². The Labute approximate surface area is 152 Å². The van der Waals surface area contributed by atoms with Crippen LogP contribution in [0, 0.1) is 0 Å². The molecule has 0 fully saturated rings. The van der Waals surface area contributed by atoms with E-state index in [-0.39, 0.29) is 16.5 Å². The van der Waals surface area contributed by atoms with Crippen molar-refractivity contribution in [1.29, 1.82) is 0 Å². The van der Waals surface area contributed by atoms with Crippen LogP contribution in [0.25, 0.3) is 16.6 Å². The van der Waals surface area contributed by atoms with E-state index < -0.39 is 5.97 Å². The van der Waals surface area contributed by atoms with Crippen molar-refractivity contribution in [3.63, 3.8) is 0 Å². The fraction of sp³-hybridized carbons (Fsp3) is 0.0556. The molecule has 5 nitrogen and oxygen atoms in total. The summed E-state index contributed by atoms with van der Waals surface area (Å²) in [5.74, 6) is -0.536. The number of rotatable bonds is 5. The predicted octanol–water partition coefficient (Wildman–Crippen LogP) is 4.02.